The number of aliphatic imine (C=N–C) groups is 1. The van der Waals surface area contributed by atoms with Crippen LogP contribution in [-0.2, 0) is 21.1 Å². The molecule has 2 heterocycles. The molecule has 0 aliphatic heterocycles. The number of nitrogens with zero attached hydrogens (tertiary/aromatic N) is 3. The minimum Gasteiger partial charge on any atom is -0.634 e. The number of pyridine rings is 1. The molecule has 0 spiro atoms. The third-order valence-corrected chi connectivity index (χ3v) is 7.79. The van der Waals surface area contributed by atoms with Gasteiger partial charge >= 0.3 is 0 Å². The van der Waals surface area contributed by atoms with Crippen LogP contribution in [0.3, 0.4) is 0 Å². The first-order valence-corrected chi connectivity index (χ1v) is 16.2. The maximum absolute atomic E-state index is 6.07. The van der Waals surface area contributed by atoms with E-state index in [0.29, 0.717) is 28.5 Å². The molecule has 2 atom stereocenters. The summed E-state index contributed by atoms with van der Waals surface area (Å²) in [6.45, 7) is 23.4. The van der Waals surface area contributed by atoms with Gasteiger partial charge in [-0.2, -0.15) is 0 Å². The van der Waals surface area contributed by atoms with Crippen molar-refractivity contribution in [2.75, 3.05) is 12.4 Å². The SMILES string of the molecule is C#CC.CC.CC.[CH2-]N=c1cc(Oc2ccc(NC(=NC)c3[nH]ccc3C(CC)CC(CC)C(C)(C)CC)cc2C)cc[n-]1.[CH3-].[W]. The molecular formula is C39H62N5OW-3. The van der Waals surface area contributed by atoms with Gasteiger partial charge in [0.05, 0.1) is 5.69 Å². The summed E-state index contributed by atoms with van der Waals surface area (Å²) in [5.41, 5.74) is 5.24. The van der Waals surface area contributed by atoms with Crippen LogP contribution in [0.25, 0.3) is 0 Å². The molecule has 6 nitrogen and oxygen atoms in total. The number of ether oxygens (including phenoxy) is 1. The van der Waals surface area contributed by atoms with Gasteiger partial charge in [0.25, 0.3) is 0 Å². The molecule has 0 amide bonds. The van der Waals surface area contributed by atoms with E-state index in [1.165, 1.54) is 24.8 Å². The number of anilines is 1. The number of rotatable bonds is 11. The van der Waals surface area contributed by atoms with E-state index >= 15 is 0 Å². The Kier molecular flexibility index (Phi) is 26.7. The van der Waals surface area contributed by atoms with Crippen molar-refractivity contribution in [2.24, 2.45) is 21.3 Å². The van der Waals surface area contributed by atoms with Crippen LogP contribution in [0.15, 0.2) is 58.8 Å². The number of benzene rings is 1. The van der Waals surface area contributed by atoms with Crippen LogP contribution in [0.2, 0.25) is 0 Å². The molecule has 3 aromatic rings. The number of aryl methyl sites for hydroxylation is 1. The molecule has 0 saturated carbocycles. The monoisotopic (exact) mass is 800 g/mol. The molecule has 0 aliphatic carbocycles. The first-order chi connectivity index (χ1) is 21.2. The van der Waals surface area contributed by atoms with Gasteiger partial charge in [0.2, 0.25) is 0 Å². The number of aromatic amines is 1. The Morgan fingerprint density at radius 3 is 2.22 bits per heavy atom. The van der Waals surface area contributed by atoms with E-state index in [-0.39, 0.29) is 28.5 Å². The van der Waals surface area contributed by atoms with Crippen molar-refractivity contribution in [1.29, 1.82) is 0 Å². The Labute approximate surface area is 297 Å². The standard InChI is InChI=1S/C31H43N5O.C3H4.2C2H6.CH3.W/c1-9-22(19-23(10-2)31(5,6)11-3)26-15-17-35-29(26)30(33-8)36-24-12-13-27(21(4)18-24)37-25-14-16-34-28(20-25)32-7;1-3-2;2*1-2;;/h12-18,20,22-23,35H,7,9-11,19H2,1-6,8H3,(H-,32,33,34,36);1H,2H3;2*1-2H3;1H3;/q-2;;;;-1;. The molecule has 0 saturated heterocycles. The topological polar surface area (TPSA) is 75.9 Å². The smallest absolute Gasteiger partial charge is 0.149 e. The summed E-state index contributed by atoms with van der Waals surface area (Å²) in [7, 11) is 5.37. The largest absolute Gasteiger partial charge is 0.634 e. The van der Waals surface area contributed by atoms with Gasteiger partial charge in [0, 0.05) is 40.0 Å². The number of hydrogen-bond donors (Lipinski definition) is 2. The average molecular weight is 801 g/mol. The van der Waals surface area contributed by atoms with E-state index in [1.54, 1.807) is 19.2 Å². The normalized spacial score (nSPS) is 12.1. The molecular weight excluding hydrogens is 738 g/mol. The van der Waals surface area contributed by atoms with Crippen LogP contribution in [0, 0.1) is 45.1 Å². The minimum absolute atomic E-state index is 0. The van der Waals surface area contributed by atoms with E-state index in [0.717, 1.165) is 35.0 Å². The molecule has 0 aliphatic rings. The molecule has 7 heteroatoms. The number of aromatic nitrogens is 2. The molecule has 0 bridgehead atoms. The zero-order valence-electron chi connectivity index (χ0n) is 31.0. The number of amidine groups is 1. The Morgan fingerprint density at radius 1 is 1.09 bits per heavy atom. The second kappa shape index (κ2) is 26.0. The first kappa shape index (κ1) is 47.2. The summed E-state index contributed by atoms with van der Waals surface area (Å²) in [5.74, 6) is 5.69. The van der Waals surface area contributed by atoms with Crippen LogP contribution < -0.4 is 20.5 Å². The van der Waals surface area contributed by atoms with Crippen molar-refractivity contribution in [2.45, 2.75) is 108 Å². The number of nitrogens with one attached hydrogen (secondary N) is 2. The maximum atomic E-state index is 6.07. The number of hydrogen-bond acceptors (Lipinski definition) is 3. The van der Waals surface area contributed by atoms with Gasteiger partial charge in [0.15, 0.2) is 0 Å². The summed E-state index contributed by atoms with van der Waals surface area (Å²) in [5, 5.41) is 3.54. The molecule has 1 aromatic carbocycles. The van der Waals surface area contributed by atoms with Crippen LogP contribution in [0.5, 0.6) is 11.5 Å². The Bertz CT molecular complexity index is 1350. The molecule has 46 heavy (non-hydrogen) atoms. The maximum Gasteiger partial charge on any atom is 0.149 e. The van der Waals surface area contributed by atoms with Gasteiger partial charge in [0.1, 0.15) is 17.3 Å². The summed E-state index contributed by atoms with van der Waals surface area (Å²) in [6.07, 6.45) is 13.0. The number of H-pyrrole nitrogens is 1. The predicted molar refractivity (Wildman–Crippen MR) is 198 cm³/mol. The fourth-order valence-electron chi connectivity index (χ4n) is 5.00. The summed E-state index contributed by atoms with van der Waals surface area (Å²) in [6, 6.07) is 11.9. The van der Waals surface area contributed by atoms with Crippen molar-refractivity contribution >= 4 is 11.5 Å². The average Bonchev–Trinajstić information content (AvgIpc) is 3.53. The summed E-state index contributed by atoms with van der Waals surface area (Å²) >= 11 is 0. The molecule has 0 radical (unpaired) electrons. The van der Waals surface area contributed by atoms with E-state index in [9.17, 15) is 0 Å². The molecule has 3 rings (SSSR count). The van der Waals surface area contributed by atoms with Gasteiger partial charge in [-0.25, -0.2) is 5.49 Å². The van der Waals surface area contributed by atoms with Gasteiger partial charge in [-0.1, -0.05) is 81.4 Å². The molecule has 2 unspecified atom stereocenters. The molecule has 0 fully saturated rings. The van der Waals surface area contributed by atoms with Crippen LogP contribution >= 0.6 is 0 Å². The van der Waals surface area contributed by atoms with Gasteiger partial charge < -0.3 is 32.4 Å². The second-order valence-electron chi connectivity index (χ2n) is 10.7. The van der Waals surface area contributed by atoms with Gasteiger partial charge in [-0.3, -0.25) is 12.0 Å². The summed E-state index contributed by atoms with van der Waals surface area (Å²) < 4.78 is 6.07. The zero-order valence-corrected chi connectivity index (χ0v) is 34.0. The summed E-state index contributed by atoms with van der Waals surface area (Å²) in [4.78, 5) is 16.1. The second-order valence-corrected chi connectivity index (χ2v) is 10.7. The fourth-order valence-corrected chi connectivity index (χ4v) is 5.00. The van der Waals surface area contributed by atoms with Crippen LogP contribution in [-0.4, -0.2) is 17.9 Å². The van der Waals surface area contributed by atoms with E-state index in [2.05, 4.69) is 91.4 Å². The van der Waals surface area contributed by atoms with E-state index in [4.69, 9.17) is 4.74 Å². The Hall–Kier alpha value is -3.16. The van der Waals surface area contributed by atoms with Crippen molar-refractivity contribution in [1.82, 2.24) is 9.97 Å². The Morgan fingerprint density at radius 2 is 1.72 bits per heavy atom. The minimum atomic E-state index is 0. The number of terminal acetylenes is 1. The van der Waals surface area contributed by atoms with Crippen molar-refractivity contribution in [3.05, 3.63) is 85.6 Å². The van der Waals surface area contributed by atoms with E-state index < -0.39 is 0 Å². The van der Waals surface area contributed by atoms with Crippen molar-refractivity contribution < 1.29 is 25.8 Å². The molecule has 2 N–H and O–H groups in total. The third-order valence-electron chi connectivity index (χ3n) is 7.79. The van der Waals surface area contributed by atoms with Crippen LogP contribution in [0.1, 0.15) is 118 Å². The quantitative estimate of drug-likeness (QED) is 0.0878. The fraction of sp³-hybridized carbons (Fsp3) is 0.487. The van der Waals surface area contributed by atoms with Gasteiger partial charge in [-0.15, -0.1) is 18.4 Å². The molecule has 258 valence electrons. The predicted octanol–water partition coefficient (Wildman–Crippen LogP) is 10.7. The third kappa shape index (κ3) is 14.5. The van der Waals surface area contributed by atoms with Crippen molar-refractivity contribution in [3.8, 4) is 23.8 Å². The van der Waals surface area contributed by atoms with Crippen LogP contribution in [0.4, 0.5) is 5.69 Å². The van der Waals surface area contributed by atoms with Gasteiger partial charge in [-0.05, 0) is 85.4 Å². The molecule has 2 aromatic heterocycles. The zero-order chi connectivity index (χ0) is 33.7. The van der Waals surface area contributed by atoms with Crippen molar-refractivity contribution in [3.63, 3.8) is 0 Å². The Balaban J connectivity index is -0.00000190. The first-order valence-electron chi connectivity index (χ1n) is 16.2. The van der Waals surface area contributed by atoms with E-state index in [1.807, 2.05) is 66.1 Å².